The molecule has 2 N–H and O–H groups in total. The summed E-state index contributed by atoms with van der Waals surface area (Å²) in [5.74, 6) is -1.07. The van der Waals surface area contributed by atoms with Gasteiger partial charge in [-0.3, -0.25) is 18.4 Å². The van der Waals surface area contributed by atoms with Crippen LogP contribution in [0.5, 0.6) is 0 Å². The number of nitrogens with two attached hydrogens (primary N) is 1. The van der Waals surface area contributed by atoms with Crippen LogP contribution in [0.1, 0.15) is 20.1 Å². The molecular weight excluding hydrogens is 414 g/mol. The maximum absolute atomic E-state index is 11.8. The molecule has 1 saturated heterocycles. The molecule has 2 aromatic rings. The van der Waals surface area contributed by atoms with Gasteiger partial charge in [0.05, 0.1) is 12.1 Å². The number of rotatable bonds is 5. The zero-order valence-corrected chi connectivity index (χ0v) is 16.8. The molecule has 1 aliphatic heterocycles. The lowest BCUT2D eigenvalue weighted by Gasteiger charge is -2.23. The van der Waals surface area contributed by atoms with Crippen LogP contribution in [0.2, 0.25) is 5.28 Å². The number of hydrogen-bond donors (Lipinski definition) is 1. The first kappa shape index (κ1) is 20.4. The highest BCUT2D eigenvalue weighted by atomic mass is 35.5. The summed E-state index contributed by atoms with van der Waals surface area (Å²) in [4.78, 5) is 35.4. The summed E-state index contributed by atoms with van der Waals surface area (Å²) in [6, 6.07) is 0. The largest absolute Gasteiger partial charge is 0.456 e. The van der Waals surface area contributed by atoms with Crippen LogP contribution in [0.3, 0.4) is 0 Å². The summed E-state index contributed by atoms with van der Waals surface area (Å²) in [5, 5.41) is -0.100. The summed E-state index contributed by atoms with van der Waals surface area (Å²) in [7, 11) is -1.26. The van der Waals surface area contributed by atoms with E-state index in [4.69, 9.17) is 31.5 Å². The summed E-state index contributed by atoms with van der Waals surface area (Å²) < 4.78 is 29.9. The molecule has 152 valence electrons. The molecule has 1 aliphatic rings. The van der Waals surface area contributed by atoms with E-state index >= 15 is 0 Å². The first-order chi connectivity index (χ1) is 13.2. The van der Waals surface area contributed by atoms with Gasteiger partial charge >= 0.3 is 11.9 Å². The zero-order valence-electron chi connectivity index (χ0n) is 15.2. The van der Waals surface area contributed by atoms with Crippen molar-refractivity contribution in [2.24, 2.45) is 0 Å². The minimum Gasteiger partial charge on any atom is -0.456 e. The van der Waals surface area contributed by atoms with Crippen LogP contribution in [-0.4, -0.2) is 66.0 Å². The minimum atomic E-state index is -1.26. The van der Waals surface area contributed by atoms with E-state index < -0.39 is 47.3 Å². The van der Waals surface area contributed by atoms with Crippen molar-refractivity contribution in [3.63, 3.8) is 0 Å². The number of carbonyl (C=O) groups excluding carboxylic acids is 2. The number of fused-ring (bicyclic) bond motifs is 1. The van der Waals surface area contributed by atoms with E-state index in [0.717, 1.165) is 0 Å². The molecule has 11 nitrogen and oxygen atoms in total. The van der Waals surface area contributed by atoms with Crippen molar-refractivity contribution in [2.75, 3.05) is 17.7 Å². The lowest BCUT2D eigenvalue weighted by molar-refractivity contribution is -0.165. The maximum atomic E-state index is 11.8. The van der Waals surface area contributed by atoms with E-state index in [1.807, 2.05) is 0 Å². The van der Waals surface area contributed by atoms with Crippen molar-refractivity contribution in [1.82, 2.24) is 19.5 Å². The molecule has 1 unspecified atom stereocenters. The van der Waals surface area contributed by atoms with Crippen molar-refractivity contribution in [2.45, 2.75) is 38.4 Å². The highest BCUT2D eigenvalue weighted by molar-refractivity contribution is 7.84. The molecule has 0 saturated carbocycles. The van der Waals surface area contributed by atoms with Crippen LogP contribution in [0.15, 0.2) is 6.33 Å². The number of nitrogens with zero attached hydrogens (tertiary/aromatic N) is 4. The molecule has 0 bridgehead atoms. The fourth-order valence-corrected chi connectivity index (χ4v) is 3.95. The van der Waals surface area contributed by atoms with E-state index in [1.165, 1.54) is 31.0 Å². The first-order valence-electron chi connectivity index (χ1n) is 8.13. The molecule has 28 heavy (non-hydrogen) atoms. The second-order valence-electron chi connectivity index (χ2n) is 6.15. The van der Waals surface area contributed by atoms with Crippen LogP contribution in [0, 0.1) is 0 Å². The molecule has 2 aromatic heterocycles. The first-order valence-corrected chi connectivity index (χ1v) is 10.2. The number of aromatic nitrogens is 4. The standard InChI is InChI=1S/C15H18ClN5O6S/c1-6(22)25-10-8(4-28(3)24)27-14(11(10)26-7(2)23)21-5-18-9-12(17)19-15(16)20-13(9)21/h5,8,10-11,14H,4H2,1-3H3,(H2,17,19,20)/t8-,10-,11-,14-,28?/m1/s1. The van der Waals surface area contributed by atoms with E-state index in [9.17, 15) is 13.8 Å². The average molecular weight is 432 g/mol. The molecule has 0 amide bonds. The predicted molar refractivity (Wildman–Crippen MR) is 98.7 cm³/mol. The van der Waals surface area contributed by atoms with Crippen molar-refractivity contribution in [3.05, 3.63) is 11.6 Å². The van der Waals surface area contributed by atoms with E-state index in [1.54, 1.807) is 0 Å². The number of carbonyl (C=O) groups is 2. The Bertz CT molecular complexity index is 952. The Balaban J connectivity index is 2.08. The molecule has 0 aliphatic carbocycles. The highest BCUT2D eigenvalue weighted by Gasteiger charge is 2.50. The number of esters is 2. The molecule has 13 heteroatoms. The van der Waals surface area contributed by atoms with Gasteiger partial charge in [-0.25, -0.2) is 4.98 Å². The smallest absolute Gasteiger partial charge is 0.303 e. The quantitative estimate of drug-likeness (QED) is 0.513. The van der Waals surface area contributed by atoms with Gasteiger partial charge in [0, 0.05) is 30.9 Å². The van der Waals surface area contributed by atoms with Gasteiger partial charge in [-0.1, -0.05) is 0 Å². The Labute approximate surface area is 167 Å². The van der Waals surface area contributed by atoms with Crippen LogP contribution in [-0.2, 0) is 34.6 Å². The predicted octanol–water partition coefficient (Wildman–Crippen LogP) is 0.201. The Morgan fingerprint density at radius 3 is 2.54 bits per heavy atom. The van der Waals surface area contributed by atoms with Gasteiger partial charge in [0.25, 0.3) is 0 Å². The fourth-order valence-electron chi connectivity index (χ4n) is 3.05. The monoisotopic (exact) mass is 431 g/mol. The van der Waals surface area contributed by atoms with Crippen molar-refractivity contribution < 1.29 is 28.0 Å². The minimum absolute atomic E-state index is 0.0662. The van der Waals surface area contributed by atoms with Gasteiger partial charge in [-0.05, 0) is 11.6 Å². The second kappa shape index (κ2) is 7.97. The van der Waals surface area contributed by atoms with E-state index in [-0.39, 0.29) is 28.0 Å². The third-order valence-electron chi connectivity index (χ3n) is 3.98. The Morgan fingerprint density at radius 1 is 1.29 bits per heavy atom. The molecule has 0 radical (unpaired) electrons. The number of imidazole rings is 1. The van der Waals surface area contributed by atoms with E-state index in [2.05, 4.69) is 15.0 Å². The molecule has 1 fully saturated rings. The van der Waals surface area contributed by atoms with Crippen molar-refractivity contribution >= 4 is 51.3 Å². The van der Waals surface area contributed by atoms with Crippen LogP contribution < -0.4 is 5.73 Å². The molecule has 3 heterocycles. The summed E-state index contributed by atoms with van der Waals surface area (Å²) in [6.45, 7) is 2.44. The normalized spacial score (nSPS) is 25.6. The molecule has 0 aromatic carbocycles. The average Bonchev–Trinajstić information content (AvgIpc) is 3.09. The number of anilines is 1. The molecular formula is C15H18ClN5O6S. The summed E-state index contributed by atoms with van der Waals surface area (Å²) in [6.07, 6.45) is -0.871. The Hall–Kier alpha value is -2.31. The SMILES string of the molecule is CC(=O)O[C@@H]1[C@H](OC(C)=O)[C@@H](CS(C)=O)O[C@H]1n1cnc2c(N)nc(Cl)nc21. The lowest BCUT2D eigenvalue weighted by Crippen LogP contribution is -2.40. The maximum Gasteiger partial charge on any atom is 0.303 e. The highest BCUT2D eigenvalue weighted by Crippen LogP contribution is 2.36. The fraction of sp³-hybridized carbons (Fsp3) is 0.533. The lowest BCUT2D eigenvalue weighted by atomic mass is 10.1. The topological polar surface area (TPSA) is 149 Å². The van der Waals surface area contributed by atoms with Crippen molar-refractivity contribution in [1.29, 1.82) is 0 Å². The van der Waals surface area contributed by atoms with Gasteiger partial charge in [-0.2, -0.15) is 9.97 Å². The van der Waals surface area contributed by atoms with E-state index in [0.29, 0.717) is 0 Å². The molecule has 5 atom stereocenters. The molecule has 3 rings (SSSR count). The third-order valence-corrected chi connectivity index (χ3v) is 4.95. The van der Waals surface area contributed by atoms with Crippen LogP contribution >= 0.6 is 11.6 Å². The van der Waals surface area contributed by atoms with Gasteiger partial charge in [0.1, 0.15) is 11.6 Å². The number of halogens is 1. The summed E-state index contributed by atoms with van der Waals surface area (Å²) >= 11 is 5.90. The number of nitrogen functional groups attached to an aromatic ring is 1. The number of hydrogen-bond acceptors (Lipinski definition) is 10. The van der Waals surface area contributed by atoms with Gasteiger partial charge in [-0.15, -0.1) is 0 Å². The third kappa shape index (κ3) is 4.08. The number of ether oxygens (including phenoxy) is 3. The van der Waals surface area contributed by atoms with Crippen LogP contribution in [0.4, 0.5) is 5.82 Å². The van der Waals surface area contributed by atoms with Gasteiger partial charge < -0.3 is 19.9 Å². The second-order valence-corrected chi connectivity index (χ2v) is 7.97. The Kier molecular flexibility index (Phi) is 5.82. The summed E-state index contributed by atoms with van der Waals surface area (Å²) in [5.41, 5.74) is 6.35. The van der Waals surface area contributed by atoms with Gasteiger partial charge in [0.15, 0.2) is 29.9 Å². The molecule has 0 spiro atoms. The van der Waals surface area contributed by atoms with Gasteiger partial charge in [0.2, 0.25) is 5.28 Å². The zero-order chi connectivity index (χ0) is 20.6. The van der Waals surface area contributed by atoms with Crippen molar-refractivity contribution in [3.8, 4) is 0 Å². The van der Waals surface area contributed by atoms with Crippen LogP contribution in [0.25, 0.3) is 11.2 Å². The Morgan fingerprint density at radius 2 is 1.93 bits per heavy atom.